The number of rotatable bonds is 7. The molecule has 1 saturated carbocycles. The first-order valence-electron chi connectivity index (χ1n) is 7.59. The van der Waals surface area contributed by atoms with E-state index < -0.39 is 12.0 Å². The third-order valence-corrected chi connectivity index (χ3v) is 4.06. The third-order valence-electron chi connectivity index (χ3n) is 4.06. The van der Waals surface area contributed by atoms with Gasteiger partial charge in [-0.3, -0.25) is 14.9 Å². The van der Waals surface area contributed by atoms with Crippen molar-refractivity contribution < 1.29 is 14.7 Å². The van der Waals surface area contributed by atoms with Gasteiger partial charge in [0.25, 0.3) is 0 Å². The van der Waals surface area contributed by atoms with E-state index >= 15 is 0 Å². The van der Waals surface area contributed by atoms with E-state index in [1.165, 1.54) is 6.42 Å². The summed E-state index contributed by atoms with van der Waals surface area (Å²) in [6.45, 7) is 2.72. The molecule has 0 aromatic carbocycles. The molecular weight excluding hydrogens is 256 g/mol. The molecule has 5 nitrogen and oxygen atoms in total. The van der Waals surface area contributed by atoms with Gasteiger partial charge < -0.3 is 10.0 Å². The Morgan fingerprint density at radius 2 is 2.20 bits per heavy atom. The predicted octanol–water partition coefficient (Wildman–Crippen LogP) is 1.75. The van der Waals surface area contributed by atoms with Crippen LogP contribution < -0.4 is 5.32 Å². The summed E-state index contributed by atoms with van der Waals surface area (Å²) in [5.41, 5.74) is 1.10. The second-order valence-electron chi connectivity index (χ2n) is 5.61. The lowest BCUT2D eigenvalue weighted by atomic mass is 10.0. The van der Waals surface area contributed by atoms with E-state index in [0.29, 0.717) is 6.54 Å². The SMILES string of the molecule is CCN(C(=O)CNC(C(=O)O)C1CC1)C1=CCCCC1. The van der Waals surface area contributed by atoms with Crippen LogP contribution in [0, 0.1) is 5.92 Å². The van der Waals surface area contributed by atoms with Crippen LogP contribution in [0.15, 0.2) is 11.8 Å². The van der Waals surface area contributed by atoms with Crippen LogP contribution >= 0.6 is 0 Å². The molecule has 2 rings (SSSR count). The van der Waals surface area contributed by atoms with Crippen molar-refractivity contribution in [3.63, 3.8) is 0 Å². The van der Waals surface area contributed by atoms with Gasteiger partial charge in [0.2, 0.25) is 5.91 Å². The quantitative estimate of drug-likeness (QED) is 0.745. The van der Waals surface area contributed by atoms with Crippen molar-refractivity contribution in [3.8, 4) is 0 Å². The Labute approximate surface area is 120 Å². The van der Waals surface area contributed by atoms with Gasteiger partial charge in [-0.25, -0.2) is 0 Å². The van der Waals surface area contributed by atoms with Gasteiger partial charge in [0.15, 0.2) is 0 Å². The van der Waals surface area contributed by atoms with Crippen LogP contribution in [0.25, 0.3) is 0 Å². The van der Waals surface area contributed by atoms with Gasteiger partial charge in [-0.15, -0.1) is 0 Å². The van der Waals surface area contributed by atoms with Crippen molar-refractivity contribution in [2.75, 3.05) is 13.1 Å². The van der Waals surface area contributed by atoms with Crippen molar-refractivity contribution in [3.05, 3.63) is 11.8 Å². The van der Waals surface area contributed by atoms with Crippen LogP contribution in [0.5, 0.6) is 0 Å². The number of hydrogen-bond acceptors (Lipinski definition) is 3. The highest BCUT2D eigenvalue weighted by atomic mass is 16.4. The third kappa shape index (κ3) is 3.82. The van der Waals surface area contributed by atoms with Crippen LogP contribution in [0.4, 0.5) is 0 Å². The fourth-order valence-corrected chi connectivity index (χ4v) is 2.78. The molecule has 1 atom stereocenters. The lowest BCUT2D eigenvalue weighted by molar-refractivity contribution is -0.140. The van der Waals surface area contributed by atoms with Crippen molar-refractivity contribution in [1.29, 1.82) is 0 Å². The second-order valence-corrected chi connectivity index (χ2v) is 5.61. The fraction of sp³-hybridized carbons (Fsp3) is 0.733. The van der Waals surface area contributed by atoms with Gasteiger partial charge in [0, 0.05) is 12.2 Å². The van der Waals surface area contributed by atoms with Gasteiger partial charge in [0.05, 0.1) is 6.54 Å². The van der Waals surface area contributed by atoms with Crippen molar-refractivity contribution in [2.45, 2.75) is 51.5 Å². The fourth-order valence-electron chi connectivity index (χ4n) is 2.78. The van der Waals surface area contributed by atoms with E-state index in [4.69, 9.17) is 5.11 Å². The highest BCUT2D eigenvalue weighted by Crippen LogP contribution is 2.32. The zero-order chi connectivity index (χ0) is 14.5. The highest BCUT2D eigenvalue weighted by Gasteiger charge is 2.36. The number of likely N-dealkylation sites (N-methyl/N-ethyl adjacent to an activating group) is 1. The molecule has 2 N–H and O–H groups in total. The summed E-state index contributed by atoms with van der Waals surface area (Å²) >= 11 is 0. The molecule has 0 bridgehead atoms. The van der Waals surface area contributed by atoms with Crippen LogP contribution in [-0.4, -0.2) is 41.0 Å². The molecule has 5 heteroatoms. The summed E-state index contributed by atoms with van der Waals surface area (Å²) in [6, 6.07) is -0.571. The van der Waals surface area contributed by atoms with Gasteiger partial charge in [-0.05, 0) is 51.4 Å². The Balaban J connectivity index is 1.88. The first-order chi connectivity index (χ1) is 9.63. The molecule has 0 radical (unpaired) electrons. The molecule has 0 saturated heterocycles. The Kier molecular flexibility index (Phi) is 5.17. The normalized spacial score (nSPS) is 20.1. The van der Waals surface area contributed by atoms with Crippen LogP contribution in [0.3, 0.4) is 0 Å². The standard InChI is InChI=1S/C15H24N2O3/c1-2-17(12-6-4-3-5-7-12)13(18)10-16-14(15(19)20)11-8-9-11/h6,11,14,16H,2-5,7-10H2,1H3,(H,19,20). The summed E-state index contributed by atoms with van der Waals surface area (Å²) in [5.74, 6) is -0.669. The number of carbonyl (C=O) groups excluding carboxylic acids is 1. The smallest absolute Gasteiger partial charge is 0.320 e. The predicted molar refractivity (Wildman–Crippen MR) is 76.1 cm³/mol. The molecule has 2 aliphatic rings. The molecule has 1 fully saturated rings. The lowest BCUT2D eigenvalue weighted by Gasteiger charge is -2.27. The number of nitrogens with one attached hydrogen (secondary N) is 1. The van der Waals surface area contributed by atoms with Crippen molar-refractivity contribution in [1.82, 2.24) is 10.2 Å². The maximum Gasteiger partial charge on any atom is 0.320 e. The Hall–Kier alpha value is -1.36. The zero-order valence-corrected chi connectivity index (χ0v) is 12.1. The molecule has 2 aliphatic carbocycles. The number of hydrogen-bond donors (Lipinski definition) is 2. The first kappa shape index (κ1) is 15.0. The summed E-state index contributed by atoms with van der Waals surface area (Å²) in [6.07, 6.45) is 8.33. The maximum absolute atomic E-state index is 12.3. The van der Waals surface area contributed by atoms with E-state index in [9.17, 15) is 9.59 Å². The lowest BCUT2D eigenvalue weighted by Crippen LogP contribution is -2.45. The molecular formula is C15H24N2O3. The van der Waals surface area contributed by atoms with Crippen LogP contribution in [0.2, 0.25) is 0 Å². The topological polar surface area (TPSA) is 69.6 Å². The summed E-state index contributed by atoms with van der Waals surface area (Å²) in [7, 11) is 0. The number of aliphatic carboxylic acids is 1. The number of allylic oxidation sites excluding steroid dienone is 2. The largest absolute Gasteiger partial charge is 0.480 e. The van der Waals surface area contributed by atoms with Gasteiger partial charge in [-0.1, -0.05) is 6.08 Å². The van der Waals surface area contributed by atoms with Crippen molar-refractivity contribution in [2.24, 2.45) is 5.92 Å². The number of carbonyl (C=O) groups is 2. The molecule has 0 spiro atoms. The summed E-state index contributed by atoms with van der Waals surface area (Å²) in [5, 5.41) is 12.1. The number of carboxylic acids is 1. The first-order valence-corrected chi connectivity index (χ1v) is 7.59. The van der Waals surface area contributed by atoms with E-state index in [1.54, 1.807) is 4.90 Å². The summed E-state index contributed by atoms with van der Waals surface area (Å²) < 4.78 is 0. The van der Waals surface area contributed by atoms with Crippen molar-refractivity contribution >= 4 is 11.9 Å². The average molecular weight is 280 g/mol. The zero-order valence-electron chi connectivity index (χ0n) is 12.1. The van der Waals surface area contributed by atoms with Crippen LogP contribution in [0.1, 0.15) is 45.4 Å². The minimum atomic E-state index is -0.847. The molecule has 0 heterocycles. The molecule has 1 unspecified atom stereocenters. The minimum Gasteiger partial charge on any atom is -0.480 e. The molecule has 1 amide bonds. The number of nitrogens with zero attached hydrogens (tertiary/aromatic N) is 1. The molecule has 0 aromatic rings. The molecule has 0 aliphatic heterocycles. The molecule has 0 aromatic heterocycles. The minimum absolute atomic E-state index is 0.0208. The Morgan fingerprint density at radius 3 is 2.70 bits per heavy atom. The average Bonchev–Trinajstić information content (AvgIpc) is 3.25. The van der Waals surface area contributed by atoms with E-state index in [0.717, 1.165) is 37.8 Å². The molecule has 20 heavy (non-hydrogen) atoms. The van der Waals surface area contributed by atoms with Gasteiger partial charge in [-0.2, -0.15) is 0 Å². The van der Waals surface area contributed by atoms with Crippen LogP contribution in [-0.2, 0) is 9.59 Å². The molecule has 112 valence electrons. The van der Waals surface area contributed by atoms with E-state index in [1.807, 2.05) is 6.92 Å². The van der Waals surface area contributed by atoms with E-state index in [2.05, 4.69) is 11.4 Å². The van der Waals surface area contributed by atoms with Gasteiger partial charge in [0.1, 0.15) is 6.04 Å². The Bertz CT molecular complexity index is 402. The van der Waals surface area contributed by atoms with E-state index in [-0.39, 0.29) is 18.4 Å². The van der Waals surface area contributed by atoms with Gasteiger partial charge >= 0.3 is 5.97 Å². The number of amides is 1. The highest BCUT2D eigenvalue weighted by molar-refractivity contribution is 5.81. The second kappa shape index (κ2) is 6.88. The monoisotopic (exact) mass is 280 g/mol. The number of carboxylic acid groups (broad SMARTS) is 1. The Morgan fingerprint density at radius 1 is 1.45 bits per heavy atom. The maximum atomic E-state index is 12.3. The summed E-state index contributed by atoms with van der Waals surface area (Å²) in [4.78, 5) is 25.2.